The molecule has 0 fully saturated rings. The lowest BCUT2D eigenvalue weighted by Crippen LogP contribution is -1.88. The van der Waals surface area contributed by atoms with Crippen molar-refractivity contribution in [1.29, 1.82) is 0 Å². The van der Waals surface area contributed by atoms with Crippen molar-refractivity contribution in [2.24, 2.45) is 0 Å². The standard InChI is InChI=1S/C12H26O.C6H11BrO.C3H8/c1-3-4-5-6-7-8-9-10-11-12-13-2;7-5-3-1-2-4-6-8;1-3-2/h3-12H2,1-2H3;6H,1-5H2;3H2,1-2H3. The van der Waals surface area contributed by atoms with Gasteiger partial charge in [0.1, 0.15) is 6.29 Å². The van der Waals surface area contributed by atoms with Gasteiger partial charge in [0.2, 0.25) is 0 Å². The molecule has 24 heavy (non-hydrogen) atoms. The van der Waals surface area contributed by atoms with Gasteiger partial charge in [-0.05, 0) is 19.3 Å². The smallest absolute Gasteiger partial charge is 0.119 e. The molecule has 3 heteroatoms. The Bertz CT molecular complexity index is 177. The van der Waals surface area contributed by atoms with Crippen LogP contribution in [0.15, 0.2) is 0 Å². The number of ether oxygens (including phenoxy) is 1. The topological polar surface area (TPSA) is 26.3 Å². The van der Waals surface area contributed by atoms with Crippen molar-refractivity contribution in [2.75, 3.05) is 19.0 Å². The van der Waals surface area contributed by atoms with Crippen molar-refractivity contribution in [2.45, 2.75) is 111 Å². The highest BCUT2D eigenvalue weighted by atomic mass is 79.9. The maximum absolute atomic E-state index is 9.76. The predicted octanol–water partition coefficient (Wildman–Crippen LogP) is 7.72. The molecule has 0 rings (SSSR count). The Morgan fingerprint density at radius 1 is 0.750 bits per heavy atom. The SMILES string of the molecule is CCC.CCCCCCCCCCCOC.O=CCCCCCBr. The lowest BCUT2D eigenvalue weighted by Gasteiger charge is -2.01. The quantitative estimate of drug-likeness (QED) is 0.157. The van der Waals surface area contributed by atoms with Gasteiger partial charge in [-0.3, -0.25) is 0 Å². The highest BCUT2D eigenvalue weighted by molar-refractivity contribution is 9.09. The summed E-state index contributed by atoms with van der Waals surface area (Å²) in [6.45, 7) is 7.46. The van der Waals surface area contributed by atoms with Gasteiger partial charge in [-0.2, -0.15) is 0 Å². The fraction of sp³-hybridized carbons (Fsp3) is 0.952. The molecule has 0 atom stereocenters. The maximum atomic E-state index is 9.76. The van der Waals surface area contributed by atoms with E-state index in [1.165, 1.54) is 77.0 Å². The van der Waals surface area contributed by atoms with Gasteiger partial charge >= 0.3 is 0 Å². The second kappa shape index (κ2) is 34.4. The van der Waals surface area contributed by atoms with Crippen molar-refractivity contribution in [3.8, 4) is 0 Å². The summed E-state index contributed by atoms with van der Waals surface area (Å²) in [5.74, 6) is 0. The zero-order chi connectivity index (χ0) is 18.7. The fourth-order valence-electron chi connectivity index (χ4n) is 2.06. The summed E-state index contributed by atoms with van der Waals surface area (Å²) in [6.07, 6.45) is 18.9. The average molecular weight is 409 g/mol. The van der Waals surface area contributed by atoms with E-state index in [0.717, 1.165) is 31.1 Å². The molecule has 0 saturated carbocycles. The first-order valence-electron chi connectivity index (χ1n) is 10.2. The molecular formula is C21H45BrO2. The molecule has 0 aliphatic heterocycles. The Morgan fingerprint density at radius 3 is 1.62 bits per heavy atom. The van der Waals surface area contributed by atoms with Crippen LogP contribution in [-0.2, 0) is 9.53 Å². The van der Waals surface area contributed by atoms with Crippen LogP contribution in [0.5, 0.6) is 0 Å². The van der Waals surface area contributed by atoms with E-state index in [1.54, 1.807) is 7.11 Å². The van der Waals surface area contributed by atoms with Gasteiger partial charge in [0.25, 0.3) is 0 Å². The molecule has 0 N–H and O–H groups in total. The van der Waals surface area contributed by atoms with Crippen LogP contribution in [0.3, 0.4) is 0 Å². The third kappa shape index (κ3) is 43.2. The van der Waals surface area contributed by atoms with Crippen molar-refractivity contribution in [3.05, 3.63) is 0 Å². The van der Waals surface area contributed by atoms with E-state index in [2.05, 4.69) is 36.7 Å². The first kappa shape index (κ1) is 28.9. The van der Waals surface area contributed by atoms with E-state index in [4.69, 9.17) is 4.74 Å². The zero-order valence-electron chi connectivity index (χ0n) is 17.1. The molecule has 2 nitrogen and oxygen atoms in total. The average Bonchev–Trinajstić information content (AvgIpc) is 2.59. The lowest BCUT2D eigenvalue weighted by atomic mass is 10.1. The van der Waals surface area contributed by atoms with E-state index >= 15 is 0 Å². The monoisotopic (exact) mass is 408 g/mol. The van der Waals surface area contributed by atoms with E-state index in [1.807, 2.05) is 0 Å². The van der Waals surface area contributed by atoms with Crippen LogP contribution in [-0.4, -0.2) is 25.3 Å². The van der Waals surface area contributed by atoms with Gasteiger partial charge in [0.15, 0.2) is 0 Å². The zero-order valence-corrected chi connectivity index (χ0v) is 18.7. The minimum absolute atomic E-state index is 0.729. The number of hydrogen-bond donors (Lipinski definition) is 0. The summed E-state index contributed by atoms with van der Waals surface area (Å²) < 4.78 is 5.00. The summed E-state index contributed by atoms with van der Waals surface area (Å²) >= 11 is 3.31. The Morgan fingerprint density at radius 2 is 1.21 bits per heavy atom. The molecule has 0 unspecified atom stereocenters. The third-order valence-electron chi connectivity index (χ3n) is 3.41. The van der Waals surface area contributed by atoms with Crippen molar-refractivity contribution < 1.29 is 9.53 Å². The van der Waals surface area contributed by atoms with Crippen LogP contribution in [0.25, 0.3) is 0 Å². The first-order valence-corrected chi connectivity index (χ1v) is 11.4. The summed E-state index contributed by atoms with van der Waals surface area (Å²) in [7, 11) is 1.78. The molecule has 148 valence electrons. The van der Waals surface area contributed by atoms with Crippen molar-refractivity contribution in [1.82, 2.24) is 0 Å². The van der Waals surface area contributed by atoms with Gasteiger partial charge in [0.05, 0.1) is 0 Å². The van der Waals surface area contributed by atoms with Crippen LogP contribution in [0.2, 0.25) is 0 Å². The molecule has 0 spiro atoms. The lowest BCUT2D eigenvalue weighted by molar-refractivity contribution is -0.107. The van der Waals surface area contributed by atoms with Crippen LogP contribution >= 0.6 is 15.9 Å². The Kier molecular flexibility index (Phi) is 41.5. The van der Waals surface area contributed by atoms with Gasteiger partial charge in [-0.1, -0.05) is 101 Å². The molecular weight excluding hydrogens is 364 g/mol. The minimum Gasteiger partial charge on any atom is -0.385 e. The number of halogens is 1. The van der Waals surface area contributed by atoms with E-state index in [-0.39, 0.29) is 0 Å². The number of unbranched alkanes of at least 4 members (excludes halogenated alkanes) is 11. The molecule has 0 radical (unpaired) electrons. The number of methoxy groups -OCH3 is 1. The molecule has 0 aromatic heterocycles. The second-order valence-electron chi connectivity index (χ2n) is 6.23. The van der Waals surface area contributed by atoms with Gasteiger partial charge in [0, 0.05) is 25.5 Å². The maximum Gasteiger partial charge on any atom is 0.119 e. The van der Waals surface area contributed by atoms with Gasteiger partial charge in [-0.15, -0.1) is 0 Å². The molecule has 0 aromatic carbocycles. The highest BCUT2D eigenvalue weighted by Gasteiger charge is 1.91. The highest BCUT2D eigenvalue weighted by Crippen LogP contribution is 2.09. The summed E-state index contributed by atoms with van der Waals surface area (Å²) in [5, 5.41) is 1.06. The summed E-state index contributed by atoms with van der Waals surface area (Å²) in [4.78, 5) is 9.76. The number of rotatable bonds is 15. The van der Waals surface area contributed by atoms with Gasteiger partial charge in [-0.25, -0.2) is 0 Å². The van der Waals surface area contributed by atoms with Crippen LogP contribution < -0.4 is 0 Å². The van der Waals surface area contributed by atoms with E-state index in [0.29, 0.717) is 0 Å². The fourth-order valence-corrected chi connectivity index (χ4v) is 2.45. The van der Waals surface area contributed by atoms with Crippen LogP contribution in [0.1, 0.15) is 111 Å². The Hall–Kier alpha value is 0.110. The number of carbonyl (C=O) groups is 1. The predicted molar refractivity (Wildman–Crippen MR) is 113 cm³/mol. The number of aldehydes is 1. The summed E-state index contributed by atoms with van der Waals surface area (Å²) in [5.41, 5.74) is 0. The van der Waals surface area contributed by atoms with Crippen molar-refractivity contribution >= 4 is 22.2 Å². The van der Waals surface area contributed by atoms with Crippen molar-refractivity contribution in [3.63, 3.8) is 0 Å². The molecule has 0 amide bonds. The van der Waals surface area contributed by atoms with Gasteiger partial charge < -0.3 is 9.53 Å². The largest absolute Gasteiger partial charge is 0.385 e. The minimum atomic E-state index is 0.729. The molecule has 0 saturated heterocycles. The molecule has 0 bridgehead atoms. The normalized spacial score (nSPS) is 9.54. The van der Waals surface area contributed by atoms with Crippen LogP contribution in [0.4, 0.5) is 0 Å². The Labute approximate surface area is 161 Å². The number of carbonyl (C=O) groups excluding carboxylic acids is 1. The first-order chi connectivity index (χ1) is 11.7. The molecule has 0 aliphatic carbocycles. The molecule has 0 heterocycles. The molecule has 0 aromatic rings. The van der Waals surface area contributed by atoms with E-state index < -0.39 is 0 Å². The molecule has 0 aliphatic rings. The number of hydrogen-bond acceptors (Lipinski definition) is 2. The summed E-state index contributed by atoms with van der Waals surface area (Å²) in [6, 6.07) is 0. The van der Waals surface area contributed by atoms with Crippen LogP contribution in [0, 0.1) is 0 Å². The third-order valence-corrected chi connectivity index (χ3v) is 3.97. The van der Waals surface area contributed by atoms with E-state index in [9.17, 15) is 4.79 Å². The number of alkyl halides is 1. The second-order valence-corrected chi connectivity index (χ2v) is 7.03. The Balaban J connectivity index is -0.000000341.